The molecule has 6 nitrogen and oxygen atoms in total. The molecule has 2 aromatic heterocycles. The standard InChI is InChI=1S/C10H8F3N5OS/c11-10(12,13)9-16-15-7-4-17(1-2-18(7)9)8(19)6-3-14-5-20-6/h3,5H,1-2,4H2. The molecule has 0 saturated carbocycles. The number of thiazole rings is 1. The minimum absolute atomic E-state index is 0.0137. The average Bonchev–Trinajstić information content (AvgIpc) is 3.05. The van der Waals surface area contributed by atoms with Gasteiger partial charge in [-0.15, -0.1) is 21.5 Å². The molecular weight excluding hydrogens is 295 g/mol. The van der Waals surface area contributed by atoms with E-state index < -0.39 is 12.0 Å². The summed E-state index contributed by atoms with van der Waals surface area (Å²) in [4.78, 5) is 17.8. The van der Waals surface area contributed by atoms with E-state index in [4.69, 9.17) is 0 Å². The Kier molecular flexibility index (Phi) is 2.96. The summed E-state index contributed by atoms with van der Waals surface area (Å²) in [5.74, 6) is -1.13. The molecule has 2 aromatic rings. The van der Waals surface area contributed by atoms with Crippen molar-refractivity contribution in [1.82, 2.24) is 24.6 Å². The lowest BCUT2D eigenvalue weighted by molar-refractivity contribution is -0.147. The SMILES string of the molecule is O=C(c1cncs1)N1CCn2c(nnc2C(F)(F)F)C1. The number of halogens is 3. The fourth-order valence-corrected chi connectivity index (χ4v) is 2.60. The minimum Gasteiger partial charge on any atom is -0.329 e. The van der Waals surface area contributed by atoms with Crippen LogP contribution in [0.5, 0.6) is 0 Å². The Hall–Kier alpha value is -1.97. The Morgan fingerprint density at radius 2 is 2.10 bits per heavy atom. The summed E-state index contributed by atoms with van der Waals surface area (Å²) in [6.45, 7) is 0.229. The quantitative estimate of drug-likeness (QED) is 0.799. The largest absolute Gasteiger partial charge is 0.451 e. The molecule has 0 bridgehead atoms. The number of hydrogen-bond acceptors (Lipinski definition) is 5. The molecule has 10 heteroatoms. The Labute approximate surface area is 114 Å². The number of amides is 1. The van der Waals surface area contributed by atoms with Gasteiger partial charge in [0.05, 0.1) is 18.3 Å². The van der Waals surface area contributed by atoms with Crippen LogP contribution in [0.25, 0.3) is 0 Å². The zero-order valence-electron chi connectivity index (χ0n) is 9.96. The van der Waals surface area contributed by atoms with Crippen LogP contribution < -0.4 is 0 Å². The van der Waals surface area contributed by atoms with Gasteiger partial charge in [0, 0.05) is 13.1 Å². The Morgan fingerprint density at radius 1 is 1.30 bits per heavy atom. The third-order valence-corrected chi connectivity index (χ3v) is 3.70. The van der Waals surface area contributed by atoms with E-state index in [1.165, 1.54) is 27.9 Å². The van der Waals surface area contributed by atoms with E-state index in [1.807, 2.05) is 0 Å². The Balaban J connectivity index is 1.83. The molecule has 0 spiro atoms. The van der Waals surface area contributed by atoms with E-state index in [9.17, 15) is 18.0 Å². The van der Waals surface area contributed by atoms with Crippen molar-refractivity contribution in [3.8, 4) is 0 Å². The summed E-state index contributed by atoms with van der Waals surface area (Å²) in [7, 11) is 0. The first-order valence-electron chi connectivity index (χ1n) is 5.64. The van der Waals surface area contributed by atoms with Crippen molar-refractivity contribution in [2.75, 3.05) is 6.54 Å². The number of aromatic nitrogens is 4. The summed E-state index contributed by atoms with van der Waals surface area (Å²) in [6, 6.07) is 0. The van der Waals surface area contributed by atoms with Crippen LogP contribution in [0.4, 0.5) is 13.2 Å². The van der Waals surface area contributed by atoms with Crippen molar-refractivity contribution < 1.29 is 18.0 Å². The predicted molar refractivity (Wildman–Crippen MR) is 61.9 cm³/mol. The third-order valence-electron chi connectivity index (χ3n) is 2.94. The number of carbonyl (C=O) groups is 1. The smallest absolute Gasteiger partial charge is 0.329 e. The van der Waals surface area contributed by atoms with Crippen LogP contribution in [0.1, 0.15) is 21.3 Å². The summed E-state index contributed by atoms with van der Waals surface area (Å²) in [5, 5.41) is 6.69. The molecule has 20 heavy (non-hydrogen) atoms. The monoisotopic (exact) mass is 303 g/mol. The molecule has 0 aromatic carbocycles. The second kappa shape index (κ2) is 4.54. The van der Waals surface area contributed by atoms with Gasteiger partial charge in [0.25, 0.3) is 5.91 Å². The maximum Gasteiger partial charge on any atom is 0.451 e. The number of nitrogens with zero attached hydrogens (tertiary/aromatic N) is 5. The Morgan fingerprint density at radius 3 is 2.75 bits per heavy atom. The molecule has 1 amide bonds. The van der Waals surface area contributed by atoms with Gasteiger partial charge in [-0.25, -0.2) is 0 Å². The van der Waals surface area contributed by atoms with Crippen molar-refractivity contribution in [2.45, 2.75) is 19.3 Å². The van der Waals surface area contributed by atoms with Crippen LogP contribution in [0.2, 0.25) is 0 Å². The van der Waals surface area contributed by atoms with E-state index >= 15 is 0 Å². The maximum atomic E-state index is 12.7. The number of carbonyl (C=O) groups excluding carboxylic acids is 1. The van der Waals surface area contributed by atoms with Gasteiger partial charge in [-0.05, 0) is 0 Å². The van der Waals surface area contributed by atoms with Crippen LogP contribution in [0.3, 0.4) is 0 Å². The fourth-order valence-electron chi connectivity index (χ4n) is 2.02. The summed E-state index contributed by atoms with van der Waals surface area (Å²) in [5.41, 5.74) is 1.53. The lowest BCUT2D eigenvalue weighted by atomic mass is 10.3. The third kappa shape index (κ3) is 2.15. The van der Waals surface area contributed by atoms with E-state index in [0.29, 0.717) is 4.88 Å². The molecule has 1 aliphatic rings. The van der Waals surface area contributed by atoms with Gasteiger partial charge in [-0.1, -0.05) is 0 Å². The number of fused-ring (bicyclic) bond motifs is 1. The van der Waals surface area contributed by atoms with Crippen LogP contribution in [0.15, 0.2) is 11.7 Å². The van der Waals surface area contributed by atoms with Gasteiger partial charge in [0.2, 0.25) is 5.82 Å². The maximum absolute atomic E-state index is 12.7. The molecule has 0 fully saturated rings. The zero-order valence-corrected chi connectivity index (χ0v) is 10.8. The van der Waals surface area contributed by atoms with E-state index in [1.54, 1.807) is 0 Å². The second-order valence-corrected chi connectivity index (χ2v) is 5.07. The molecular formula is C10H8F3N5OS. The number of hydrogen-bond donors (Lipinski definition) is 0. The normalized spacial score (nSPS) is 15.2. The summed E-state index contributed by atoms with van der Waals surface area (Å²) < 4.78 is 39.0. The zero-order chi connectivity index (χ0) is 14.3. The number of alkyl halides is 3. The molecule has 106 valence electrons. The predicted octanol–water partition coefficient (Wildman–Crippen LogP) is 1.41. The lowest BCUT2D eigenvalue weighted by Crippen LogP contribution is -2.39. The van der Waals surface area contributed by atoms with Gasteiger partial charge < -0.3 is 9.47 Å². The van der Waals surface area contributed by atoms with Crippen molar-refractivity contribution in [3.63, 3.8) is 0 Å². The first-order valence-corrected chi connectivity index (χ1v) is 6.52. The molecule has 0 aliphatic carbocycles. The second-order valence-electron chi connectivity index (χ2n) is 4.18. The van der Waals surface area contributed by atoms with E-state index in [-0.39, 0.29) is 31.4 Å². The van der Waals surface area contributed by atoms with Crippen molar-refractivity contribution in [3.05, 3.63) is 28.2 Å². The molecule has 0 unspecified atom stereocenters. The van der Waals surface area contributed by atoms with Gasteiger partial charge in [-0.2, -0.15) is 13.2 Å². The van der Waals surface area contributed by atoms with Crippen LogP contribution in [-0.2, 0) is 19.3 Å². The van der Waals surface area contributed by atoms with Crippen molar-refractivity contribution >= 4 is 17.2 Å². The minimum atomic E-state index is -4.53. The first-order chi connectivity index (χ1) is 9.47. The highest BCUT2D eigenvalue weighted by Crippen LogP contribution is 2.29. The topological polar surface area (TPSA) is 63.9 Å². The van der Waals surface area contributed by atoms with E-state index in [0.717, 1.165) is 4.57 Å². The summed E-state index contributed by atoms with van der Waals surface area (Å²) in [6.07, 6.45) is -3.09. The van der Waals surface area contributed by atoms with Gasteiger partial charge in [0.15, 0.2) is 5.82 Å². The lowest BCUT2D eigenvalue weighted by Gasteiger charge is -2.27. The molecule has 0 saturated heterocycles. The molecule has 0 N–H and O–H groups in total. The van der Waals surface area contributed by atoms with Crippen molar-refractivity contribution in [1.29, 1.82) is 0 Å². The highest BCUT2D eigenvalue weighted by atomic mass is 32.1. The highest BCUT2D eigenvalue weighted by Gasteiger charge is 2.40. The van der Waals surface area contributed by atoms with Crippen LogP contribution in [-0.4, -0.2) is 37.1 Å². The Bertz CT molecular complexity index is 636. The molecule has 0 atom stereocenters. The van der Waals surface area contributed by atoms with Gasteiger partial charge >= 0.3 is 6.18 Å². The fraction of sp³-hybridized carbons (Fsp3) is 0.400. The molecule has 0 radical (unpaired) electrons. The molecule has 3 rings (SSSR count). The highest BCUT2D eigenvalue weighted by molar-refractivity contribution is 7.11. The van der Waals surface area contributed by atoms with Gasteiger partial charge in [0.1, 0.15) is 4.88 Å². The van der Waals surface area contributed by atoms with Crippen LogP contribution in [0, 0.1) is 0 Å². The first kappa shape index (κ1) is 13.0. The van der Waals surface area contributed by atoms with Crippen LogP contribution >= 0.6 is 11.3 Å². The van der Waals surface area contributed by atoms with Gasteiger partial charge in [-0.3, -0.25) is 9.78 Å². The summed E-state index contributed by atoms with van der Waals surface area (Å²) >= 11 is 1.19. The number of rotatable bonds is 1. The van der Waals surface area contributed by atoms with E-state index in [2.05, 4.69) is 15.2 Å². The average molecular weight is 303 g/mol. The molecule has 1 aliphatic heterocycles. The van der Waals surface area contributed by atoms with Crippen molar-refractivity contribution in [2.24, 2.45) is 0 Å². The molecule has 3 heterocycles.